The Morgan fingerprint density at radius 2 is 2.05 bits per heavy atom. The number of nitrogens with one attached hydrogen (secondary N) is 1. The van der Waals surface area contributed by atoms with Crippen LogP contribution < -0.4 is 11.1 Å². The molecule has 3 N–H and O–H groups in total. The first kappa shape index (κ1) is 18.2. The minimum Gasteiger partial charge on any atom is -0.354 e. The maximum atomic E-state index is 12.0. The first-order valence-corrected chi connectivity index (χ1v) is 6.72. The molecule has 0 bridgehead atoms. The number of carbonyl (C=O) groups excluding carboxylic acids is 2. The molecule has 1 heterocycles. The summed E-state index contributed by atoms with van der Waals surface area (Å²) in [4.78, 5) is 25.2. The van der Waals surface area contributed by atoms with Gasteiger partial charge in [0.1, 0.15) is 0 Å². The van der Waals surface area contributed by atoms with Crippen LogP contribution in [0.25, 0.3) is 0 Å². The molecule has 1 unspecified atom stereocenters. The lowest BCUT2D eigenvalue weighted by atomic mass is 9.92. The molecule has 0 aromatic heterocycles. The Morgan fingerprint density at radius 1 is 1.47 bits per heavy atom. The molecule has 1 atom stereocenters. The third-order valence-electron chi connectivity index (χ3n) is 4.05. The number of likely N-dealkylation sites (tertiary alicyclic amines) is 1. The molecule has 2 amide bonds. The van der Waals surface area contributed by atoms with Gasteiger partial charge in [-0.1, -0.05) is 13.8 Å². The van der Waals surface area contributed by atoms with Crippen molar-refractivity contribution >= 4 is 24.2 Å². The normalized spacial score (nSPS) is 19.9. The molecule has 0 saturated carbocycles. The van der Waals surface area contributed by atoms with Crippen LogP contribution in [0.5, 0.6) is 0 Å². The molecule has 1 saturated heterocycles. The number of hydrogen-bond donors (Lipinski definition) is 2. The average Bonchev–Trinajstić information content (AvgIpc) is 2.38. The fraction of sp³-hybridized carbons (Fsp3) is 0.846. The molecule has 112 valence electrons. The van der Waals surface area contributed by atoms with Gasteiger partial charge in [-0.25, -0.2) is 0 Å². The predicted octanol–water partition coefficient (Wildman–Crippen LogP) is 0.910. The summed E-state index contributed by atoms with van der Waals surface area (Å²) in [5.74, 6) is -0.175. The van der Waals surface area contributed by atoms with Crippen LogP contribution in [0.4, 0.5) is 0 Å². The third kappa shape index (κ3) is 4.99. The second-order valence-corrected chi connectivity index (χ2v) is 5.29. The molecule has 1 rings (SSSR count). The van der Waals surface area contributed by atoms with Gasteiger partial charge < -0.3 is 16.0 Å². The van der Waals surface area contributed by atoms with Gasteiger partial charge in [0.25, 0.3) is 0 Å². The van der Waals surface area contributed by atoms with Crippen molar-refractivity contribution in [1.82, 2.24) is 10.2 Å². The summed E-state index contributed by atoms with van der Waals surface area (Å²) >= 11 is 0. The van der Waals surface area contributed by atoms with Crippen LogP contribution in [0.2, 0.25) is 0 Å². The quantitative estimate of drug-likeness (QED) is 0.790. The van der Waals surface area contributed by atoms with Crippen molar-refractivity contribution in [3.63, 3.8) is 0 Å². The summed E-state index contributed by atoms with van der Waals surface area (Å²) in [7, 11) is 1.77. The van der Waals surface area contributed by atoms with Gasteiger partial charge in [0.15, 0.2) is 0 Å². The number of nitrogens with two attached hydrogens (primary N) is 1. The molecular weight excluding hydrogens is 266 g/mol. The van der Waals surface area contributed by atoms with E-state index < -0.39 is 0 Å². The average molecular weight is 292 g/mol. The zero-order chi connectivity index (χ0) is 13.8. The molecule has 1 fully saturated rings. The Bertz CT molecular complexity index is 319. The van der Waals surface area contributed by atoms with Crippen LogP contribution in [0, 0.1) is 5.92 Å². The monoisotopic (exact) mass is 291 g/mol. The van der Waals surface area contributed by atoms with Gasteiger partial charge in [0.2, 0.25) is 11.8 Å². The minimum absolute atomic E-state index is 0. The van der Waals surface area contributed by atoms with Crippen molar-refractivity contribution < 1.29 is 9.59 Å². The second kappa shape index (κ2) is 7.70. The van der Waals surface area contributed by atoms with Crippen molar-refractivity contribution in [2.45, 2.75) is 45.1 Å². The van der Waals surface area contributed by atoms with E-state index in [2.05, 4.69) is 5.32 Å². The Kier molecular flexibility index (Phi) is 7.37. The lowest BCUT2D eigenvalue weighted by molar-refractivity contribution is -0.139. The standard InChI is InChI=1S/C13H25N3O2.ClH/c1-4-13(14,5-2)9-15-12(18)10-6-7-16(3)11(17)8-10;/h10H,4-9,14H2,1-3H3,(H,15,18);1H. The summed E-state index contributed by atoms with van der Waals surface area (Å²) in [6.45, 7) is 5.19. The summed E-state index contributed by atoms with van der Waals surface area (Å²) in [6.07, 6.45) is 2.72. The fourth-order valence-corrected chi connectivity index (χ4v) is 2.07. The molecule has 19 heavy (non-hydrogen) atoms. The molecule has 6 heteroatoms. The Hall–Kier alpha value is -0.810. The largest absolute Gasteiger partial charge is 0.354 e. The van der Waals surface area contributed by atoms with E-state index in [0.717, 1.165) is 19.3 Å². The SMILES string of the molecule is CCC(N)(CC)CNC(=O)C1CCN(C)C(=O)C1.Cl. The Labute approximate surface area is 121 Å². The van der Waals surface area contributed by atoms with Crippen molar-refractivity contribution in [3.8, 4) is 0 Å². The molecular formula is C13H26ClN3O2. The molecule has 0 aliphatic carbocycles. The maximum Gasteiger partial charge on any atom is 0.223 e. The van der Waals surface area contributed by atoms with Crippen LogP contribution in [0.1, 0.15) is 39.5 Å². The molecule has 1 aliphatic rings. The highest BCUT2D eigenvalue weighted by Crippen LogP contribution is 2.18. The van der Waals surface area contributed by atoms with Crippen LogP contribution in [-0.2, 0) is 9.59 Å². The first-order chi connectivity index (χ1) is 8.41. The second-order valence-electron chi connectivity index (χ2n) is 5.29. The van der Waals surface area contributed by atoms with Crippen molar-refractivity contribution in [2.75, 3.05) is 20.1 Å². The Morgan fingerprint density at radius 3 is 2.53 bits per heavy atom. The predicted molar refractivity (Wildman–Crippen MR) is 78.1 cm³/mol. The van der Waals surface area contributed by atoms with E-state index in [1.807, 2.05) is 13.8 Å². The third-order valence-corrected chi connectivity index (χ3v) is 4.05. The van der Waals surface area contributed by atoms with Gasteiger partial charge in [-0.3, -0.25) is 9.59 Å². The van der Waals surface area contributed by atoms with Crippen LogP contribution >= 0.6 is 12.4 Å². The van der Waals surface area contributed by atoms with E-state index in [4.69, 9.17) is 5.73 Å². The molecule has 0 spiro atoms. The fourth-order valence-electron chi connectivity index (χ4n) is 2.07. The van der Waals surface area contributed by atoms with E-state index in [1.165, 1.54) is 0 Å². The van der Waals surface area contributed by atoms with Gasteiger partial charge >= 0.3 is 0 Å². The number of piperidine rings is 1. The van der Waals surface area contributed by atoms with Crippen LogP contribution in [0.3, 0.4) is 0 Å². The number of hydrogen-bond acceptors (Lipinski definition) is 3. The summed E-state index contributed by atoms with van der Waals surface area (Å²) < 4.78 is 0. The first-order valence-electron chi connectivity index (χ1n) is 6.72. The van der Waals surface area contributed by atoms with Gasteiger partial charge in [0.05, 0.1) is 0 Å². The van der Waals surface area contributed by atoms with Crippen LogP contribution in [0.15, 0.2) is 0 Å². The summed E-state index contributed by atoms with van der Waals surface area (Å²) in [6, 6.07) is 0. The zero-order valence-electron chi connectivity index (χ0n) is 12.1. The molecule has 5 nitrogen and oxygen atoms in total. The lowest BCUT2D eigenvalue weighted by Gasteiger charge is -2.30. The number of amides is 2. The highest BCUT2D eigenvalue weighted by atomic mass is 35.5. The van der Waals surface area contributed by atoms with Gasteiger partial charge in [-0.05, 0) is 19.3 Å². The minimum atomic E-state index is -0.328. The molecule has 0 radical (unpaired) electrons. The van der Waals surface area contributed by atoms with E-state index in [-0.39, 0.29) is 35.7 Å². The highest BCUT2D eigenvalue weighted by Gasteiger charge is 2.29. The van der Waals surface area contributed by atoms with E-state index in [9.17, 15) is 9.59 Å². The lowest BCUT2D eigenvalue weighted by Crippen LogP contribution is -2.51. The number of carbonyl (C=O) groups is 2. The number of nitrogens with zero attached hydrogens (tertiary/aromatic N) is 1. The topological polar surface area (TPSA) is 75.4 Å². The molecule has 1 aliphatic heterocycles. The number of rotatable bonds is 5. The van der Waals surface area contributed by atoms with E-state index >= 15 is 0 Å². The van der Waals surface area contributed by atoms with Gasteiger partial charge in [-0.15, -0.1) is 12.4 Å². The zero-order valence-corrected chi connectivity index (χ0v) is 12.9. The molecule has 0 aromatic carbocycles. The van der Waals surface area contributed by atoms with Crippen molar-refractivity contribution in [1.29, 1.82) is 0 Å². The van der Waals surface area contributed by atoms with Crippen molar-refractivity contribution in [2.24, 2.45) is 11.7 Å². The summed E-state index contributed by atoms with van der Waals surface area (Å²) in [5.41, 5.74) is 5.81. The van der Waals surface area contributed by atoms with Gasteiger partial charge in [0, 0.05) is 38.0 Å². The summed E-state index contributed by atoms with van der Waals surface area (Å²) in [5, 5.41) is 2.90. The van der Waals surface area contributed by atoms with E-state index in [1.54, 1.807) is 11.9 Å². The number of halogens is 1. The molecule has 0 aromatic rings. The van der Waals surface area contributed by atoms with Gasteiger partial charge in [-0.2, -0.15) is 0 Å². The smallest absolute Gasteiger partial charge is 0.223 e. The Balaban J connectivity index is 0.00000324. The van der Waals surface area contributed by atoms with Crippen LogP contribution in [-0.4, -0.2) is 42.4 Å². The highest BCUT2D eigenvalue weighted by molar-refractivity contribution is 5.86. The maximum absolute atomic E-state index is 12.0. The van der Waals surface area contributed by atoms with Crippen molar-refractivity contribution in [3.05, 3.63) is 0 Å². The van der Waals surface area contributed by atoms with E-state index in [0.29, 0.717) is 19.5 Å².